The second-order valence-corrected chi connectivity index (χ2v) is 6.27. The minimum atomic E-state index is -1.02. The molecule has 2 atom stereocenters. The predicted octanol–water partition coefficient (Wildman–Crippen LogP) is 1.36. The molecule has 2 fully saturated rings. The van der Waals surface area contributed by atoms with E-state index in [-0.39, 0.29) is 24.2 Å². The number of nitrogens with one attached hydrogen (secondary N) is 1. The Balaban J connectivity index is 1.85. The van der Waals surface area contributed by atoms with Crippen molar-refractivity contribution < 1.29 is 19.4 Å². The zero-order valence-corrected chi connectivity index (χ0v) is 13.1. The molecule has 2 N–H and O–H groups in total. The van der Waals surface area contributed by atoms with Crippen molar-refractivity contribution in [3.8, 4) is 0 Å². The number of likely N-dealkylation sites (tertiary alicyclic amines) is 1. The number of hydrogen-bond donors (Lipinski definition) is 2. The summed E-state index contributed by atoms with van der Waals surface area (Å²) in [5.41, 5.74) is 1.17. The zero-order chi connectivity index (χ0) is 15.1. The number of carboxylic acid groups (broad SMARTS) is 1. The van der Waals surface area contributed by atoms with Gasteiger partial charge in [0.1, 0.15) is 6.04 Å². The number of carboxylic acids is 1. The highest BCUT2D eigenvalue weighted by Crippen LogP contribution is 2.43. The van der Waals surface area contributed by atoms with Gasteiger partial charge in [0.2, 0.25) is 0 Å². The lowest BCUT2D eigenvalue weighted by Crippen LogP contribution is -2.40. The topological polar surface area (TPSA) is 95.5 Å². The number of carbonyl (C=O) groups is 2. The second-order valence-electron chi connectivity index (χ2n) is 5.48. The van der Waals surface area contributed by atoms with Gasteiger partial charge in [-0.15, -0.1) is 0 Å². The van der Waals surface area contributed by atoms with Gasteiger partial charge >= 0.3 is 5.97 Å². The third-order valence-corrected chi connectivity index (χ3v) is 4.87. The van der Waals surface area contributed by atoms with Crippen molar-refractivity contribution in [1.29, 1.82) is 0 Å². The number of aromatic amines is 1. The molecule has 1 aliphatic carbocycles. The molecule has 1 aromatic heterocycles. The van der Waals surface area contributed by atoms with Crippen molar-refractivity contribution in [1.82, 2.24) is 15.1 Å². The van der Waals surface area contributed by atoms with Crippen molar-refractivity contribution in [2.24, 2.45) is 0 Å². The molecule has 0 aromatic carbocycles. The van der Waals surface area contributed by atoms with E-state index in [1.807, 2.05) is 0 Å². The molecule has 1 aromatic rings. The first-order chi connectivity index (χ1) is 10.0. The molecule has 1 saturated heterocycles. The number of methoxy groups -OCH3 is 1. The number of amides is 1. The Bertz CT molecular complexity index is 584. The summed E-state index contributed by atoms with van der Waals surface area (Å²) >= 11 is 3.41. The van der Waals surface area contributed by atoms with E-state index in [0.29, 0.717) is 16.8 Å². The van der Waals surface area contributed by atoms with Crippen LogP contribution < -0.4 is 0 Å². The summed E-state index contributed by atoms with van der Waals surface area (Å²) < 4.78 is 5.85. The van der Waals surface area contributed by atoms with E-state index in [2.05, 4.69) is 26.1 Å². The molecule has 8 heteroatoms. The van der Waals surface area contributed by atoms with Crippen LogP contribution in [0.15, 0.2) is 4.47 Å². The summed E-state index contributed by atoms with van der Waals surface area (Å²) in [5.74, 6) is -0.969. The standard InChI is InChI=1S/C13H16BrN3O4/c1-21-7-4-8(13(19)20)17(5-7)12(18)11-9(14)10(15-16-11)6-2-3-6/h6-8H,2-5H2,1H3,(H,15,16)(H,19,20). The Morgan fingerprint density at radius 3 is 2.76 bits per heavy atom. The Morgan fingerprint density at radius 1 is 1.48 bits per heavy atom. The molecule has 1 saturated carbocycles. The molecule has 3 rings (SSSR count). The molecular weight excluding hydrogens is 342 g/mol. The van der Waals surface area contributed by atoms with Crippen LogP contribution in [-0.4, -0.2) is 57.9 Å². The van der Waals surface area contributed by atoms with E-state index < -0.39 is 12.0 Å². The lowest BCUT2D eigenvalue weighted by Gasteiger charge is -2.20. The summed E-state index contributed by atoms with van der Waals surface area (Å²) in [5, 5.41) is 16.2. The second kappa shape index (κ2) is 5.42. The average Bonchev–Trinajstić information content (AvgIpc) is 3.08. The van der Waals surface area contributed by atoms with Crippen LogP contribution in [-0.2, 0) is 9.53 Å². The summed E-state index contributed by atoms with van der Waals surface area (Å²) in [6, 6.07) is -0.865. The van der Waals surface area contributed by atoms with Gasteiger partial charge in [-0.05, 0) is 28.8 Å². The SMILES string of the molecule is COC1CC(C(=O)O)N(C(=O)c2n[nH]c(C3CC3)c2Br)C1. The molecule has 114 valence electrons. The van der Waals surface area contributed by atoms with Gasteiger partial charge in [-0.25, -0.2) is 4.79 Å². The highest BCUT2D eigenvalue weighted by atomic mass is 79.9. The molecular formula is C13H16BrN3O4. The average molecular weight is 358 g/mol. The molecule has 21 heavy (non-hydrogen) atoms. The van der Waals surface area contributed by atoms with Gasteiger partial charge in [0, 0.05) is 26.0 Å². The van der Waals surface area contributed by atoms with Crippen LogP contribution in [0.2, 0.25) is 0 Å². The number of aromatic nitrogens is 2. The van der Waals surface area contributed by atoms with Crippen molar-refractivity contribution >= 4 is 27.8 Å². The third-order valence-electron chi connectivity index (χ3n) is 4.06. The number of hydrogen-bond acceptors (Lipinski definition) is 4. The van der Waals surface area contributed by atoms with Crippen LogP contribution in [0.1, 0.15) is 41.4 Å². The Labute approximate surface area is 129 Å². The fourth-order valence-corrected chi connectivity index (χ4v) is 3.36. The maximum absolute atomic E-state index is 12.6. The smallest absolute Gasteiger partial charge is 0.326 e. The molecule has 1 amide bonds. The number of aliphatic carboxylic acids is 1. The zero-order valence-electron chi connectivity index (χ0n) is 11.5. The quantitative estimate of drug-likeness (QED) is 0.848. The van der Waals surface area contributed by atoms with E-state index in [1.54, 1.807) is 0 Å². The number of carbonyl (C=O) groups excluding carboxylic acids is 1. The number of rotatable bonds is 4. The third kappa shape index (κ3) is 2.57. The van der Waals surface area contributed by atoms with Crippen LogP contribution in [0.5, 0.6) is 0 Å². The largest absolute Gasteiger partial charge is 0.480 e. The van der Waals surface area contributed by atoms with Gasteiger partial charge in [-0.2, -0.15) is 5.10 Å². The molecule has 0 spiro atoms. The lowest BCUT2D eigenvalue weighted by molar-refractivity contribution is -0.141. The van der Waals surface area contributed by atoms with Crippen molar-refractivity contribution in [3.63, 3.8) is 0 Å². The molecule has 0 radical (unpaired) electrons. The first kappa shape index (κ1) is 14.5. The Kier molecular flexibility index (Phi) is 3.75. The van der Waals surface area contributed by atoms with Crippen LogP contribution in [0.25, 0.3) is 0 Å². The van der Waals surface area contributed by atoms with Crippen molar-refractivity contribution in [2.45, 2.75) is 37.3 Å². The number of halogens is 1. The van der Waals surface area contributed by atoms with E-state index in [4.69, 9.17) is 4.74 Å². The molecule has 7 nitrogen and oxygen atoms in total. The maximum Gasteiger partial charge on any atom is 0.326 e. The van der Waals surface area contributed by atoms with Crippen LogP contribution in [0.3, 0.4) is 0 Å². The Morgan fingerprint density at radius 2 is 2.19 bits per heavy atom. The molecule has 0 bridgehead atoms. The Hall–Kier alpha value is -1.41. The summed E-state index contributed by atoms with van der Waals surface area (Å²) in [6.07, 6.45) is 2.22. The predicted molar refractivity (Wildman–Crippen MR) is 76.1 cm³/mol. The maximum atomic E-state index is 12.6. The molecule has 2 unspecified atom stereocenters. The molecule has 2 heterocycles. The highest BCUT2D eigenvalue weighted by Gasteiger charge is 2.42. The lowest BCUT2D eigenvalue weighted by atomic mass is 10.2. The van der Waals surface area contributed by atoms with E-state index in [0.717, 1.165) is 18.5 Å². The fraction of sp³-hybridized carbons (Fsp3) is 0.615. The highest BCUT2D eigenvalue weighted by molar-refractivity contribution is 9.10. The number of H-pyrrole nitrogens is 1. The van der Waals surface area contributed by atoms with E-state index in [1.165, 1.54) is 12.0 Å². The van der Waals surface area contributed by atoms with Crippen molar-refractivity contribution in [2.75, 3.05) is 13.7 Å². The number of ether oxygens (including phenoxy) is 1. The van der Waals surface area contributed by atoms with Gasteiger partial charge in [0.15, 0.2) is 5.69 Å². The van der Waals surface area contributed by atoms with Crippen LogP contribution in [0.4, 0.5) is 0 Å². The van der Waals surface area contributed by atoms with E-state index >= 15 is 0 Å². The minimum Gasteiger partial charge on any atom is -0.480 e. The summed E-state index contributed by atoms with van der Waals surface area (Å²) in [7, 11) is 1.52. The van der Waals surface area contributed by atoms with Gasteiger partial charge < -0.3 is 14.7 Å². The van der Waals surface area contributed by atoms with Crippen LogP contribution >= 0.6 is 15.9 Å². The first-order valence-electron chi connectivity index (χ1n) is 6.83. The summed E-state index contributed by atoms with van der Waals surface area (Å²) in [6.45, 7) is 0.268. The minimum absolute atomic E-state index is 0.250. The van der Waals surface area contributed by atoms with Gasteiger partial charge in [0.05, 0.1) is 16.3 Å². The summed E-state index contributed by atoms with van der Waals surface area (Å²) in [4.78, 5) is 25.3. The number of nitrogens with zero attached hydrogens (tertiary/aromatic N) is 2. The molecule has 1 aliphatic heterocycles. The van der Waals surface area contributed by atoms with Gasteiger partial charge in [-0.1, -0.05) is 0 Å². The fourth-order valence-electron chi connectivity index (χ4n) is 2.69. The van der Waals surface area contributed by atoms with Crippen LogP contribution in [0, 0.1) is 0 Å². The van der Waals surface area contributed by atoms with Gasteiger partial charge in [-0.3, -0.25) is 9.89 Å². The first-order valence-corrected chi connectivity index (χ1v) is 7.62. The van der Waals surface area contributed by atoms with E-state index in [9.17, 15) is 14.7 Å². The van der Waals surface area contributed by atoms with Crippen molar-refractivity contribution in [3.05, 3.63) is 15.9 Å². The normalized spacial score (nSPS) is 25.3. The monoisotopic (exact) mass is 357 g/mol. The molecule has 2 aliphatic rings. The van der Waals surface area contributed by atoms with Gasteiger partial charge in [0.25, 0.3) is 5.91 Å².